The molecule has 6 nitrogen and oxygen atoms in total. The Bertz CT molecular complexity index is 1070. The van der Waals surface area contributed by atoms with Crippen LogP contribution in [0.25, 0.3) is 0 Å². The maximum Gasteiger partial charge on any atom is 0.123 e. The number of benzene rings is 1. The summed E-state index contributed by atoms with van der Waals surface area (Å²) in [5.41, 5.74) is 4.90. The molecule has 3 aliphatic heterocycles. The van der Waals surface area contributed by atoms with Gasteiger partial charge in [0, 0.05) is 56.0 Å². The van der Waals surface area contributed by atoms with Crippen LogP contribution in [0.4, 0.5) is 0 Å². The Morgan fingerprint density at radius 1 is 0.953 bits per heavy atom. The molecule has 1 aromatic carbocycles. The molecule has 3 aliphatic carbocycles. The molecule has 6 fully saturated rings. The second-order valence-corrected chi connectivity index (χ2v) is 17.0. The van der Waals surface area contributed by atoms with E-state index in [9.17, 15) is 0 Å². The summed E-state index contributed by atoms with van der Waals surface area (Å²) in [6.07, 6.45) is 16.6. The first-order valence-corrected chi connectivity index (χ1v) is 18.8. The number of hydrogen-bond donors (Lipinski definition) is 3. The molecule has 1 aromatic rings. The molecule has 7 rings (SSSR count). The van der Waals surface area contributed by atoms with Crippen LogP contribution in [0.2, 0.25) is 0 Å². The van der Waals surface area contributed by atoms with Crippen molar-refractivity contribution >= 4 is 11.9 Å². The van der Waals surface area contributed by atoms with Crippen molar-refractivity contribution in [3.63, 3.8) is 0 Å². The minimum atomic E-state index is 0.0208. The van der Waals surface area contributed by atoms with Crippen molar-refractivity contribution in [2.24, 2.45) is 17.3 Å². The minimum absolute atomic E-state index is 0.0208. The predicted octanol–water partition coefficient (Wildman–Crippen LogP) is 6.49. The summed E-state index contributed by atoms with van der Waals surface area (Å²) in [5.74, 6) is 1.46. The first-order chi connectivity index (χ1) is 20.8. The van der Waals surface area contributed by atoms with Crippen LogP contribution in [0.3, 0.4) is 0 Å². The lowest BCUT2D eigenvalue weighted by molar-refractivity contribution is -0.106. The Morgan fingerprint density at radius 2 is 1.72 bits per heavy atom. The van der Waals surface area contributed by atoms with Gasteiger partial charge in [0.25, 0.3) is 0 Å². The van der Waals surface area contributed by atoms with Crippen molar-refractivity contribution in [3.8, 4) is 0 Å². The van der Waals surface area contributed by atoms with Gasteiger partial charge in [0.2, 0.25) is 0 Å². The number of hydrogen-bond acceptors (Lipinski definition) is 7. The van der Waals surface area contributed by atoms with Gasteiger partial charge in [-0.2, -0.15) is 0 Å². The Labute approximate surface area is 266 Å². The van der Waals surface area contributed by atoms with E-state index >= 15 is 0 Å². The highest BCUT2D eigenvalue weighted by atomic mass is 32.2. The van der Waals surface area contributed by atoms with Crippen LogP contribution in [-0.4, -0.2) is 71.9 Å². The van der Waals surface area contributed by atoms with E-state index in [1.165, 1.54) is 107 Å². The zero-order valence-electron chi connectivity index (χ0n) is 27.5. The highest BCUT2D eigenvalue weighted by molar-refractivity contribution is 7.98. The van der Waals surface area contributed by atoms with Crippen molar-refractivity contribution in [2.75, 3.05) is 26.2 Å². The third-order valence-corrected chi connectivity index (χ3v) is 13.3. The molecule has 0 radical (unpaired) electrons. The van der Waals surface area contributed by atoms with Gasteiger partial charge in [0.05, 0.1) is 6.10 Å². The van der Waals surface area contributed by atoms with E-state index in [4.69, 9.17) is 4.74 Å². The van der Waals surface area contributed by atoms with Crippen LogP contribution < -0.4 is 15.4 Å². The fourth-order valence-corrected chi connectivity index (χ4v) is 11.2. The van der Waals surface area contributed by atoms with Crippen molar-refractivity contribution < 1.29 is 4.74 Å². The number of aryl methyl sites for hydroxylation is 2. The summed E-state index contributed by atoms with van der Waals surface area (Å²) < 4.78 is 11.3. The molecule has 3 saturated heterocycles. The molecule has 1 spiro atoms. The predicted molar refractivity (Wildman–Crippen MR) is 179 cm³/mol. The van der Waals surface area contributed by atoms with Gasteiger partial charge < -0.3 is 4.74 Å². The lowest BCUT2D eigenvalue weighted by Gasteiger charge is -2.51. The summed E-state index contributed by atoms with van der Waals surface area (Å²) in [4.78, 5) is 5.83. The molecular formula is C36H59N5OS. The molecule has 6 bridgehead atoms. The van der Waals surface area contributed by atoms with Crippen molar-refractivity contribution in [1.82, 2.24) is 25.2 Å². The molecule has 0 amide bonds. The van der Waals surface area contributed by atoms with E-state index in [0.29, 0.717) is 22.6 Å². The Morgan fingerprint density at radius 3 is 2.49 bits per heavy atom. The molecule has 240 valence electrons. The summed E-state index contributed by atoms with van der Waals surface area (Å²) in [5, 5.41) is 8.56. The maximum absolute atomic E-state index is 7.42. The third kappa shape index (κ3) is 6.89. The van der Waals surface area contributed by atoms with E-state index in [2.05, 4.69) is 71.0 Å². The lowest BCUT2D eigenvalue weighted by atomic mass is 9.64. The van der Waals surface area contributed by atoms with E-state index in [0.717, 1.165) is 24.9 Å². The summed E-state index contributed by atoms with van der Waals surface area (Å²) >= 11 is 1.98. The highest BCUT2D eigenvalue weighted by Crippen LogP contribution is 2.55. The largest absolute Gasteiger partial charge is 0.357 e. The van der Waals surface area contributed by atoms with Gasteiger partial charge >= 0.3 is 0 Å². The van der Waals surface area contributed by atoms with Gasteiger partial charge in [-0.15, -0.1) is 0 Å². The molecule has 6 aliphatic rings. The van der Waals surface area contributed by atoms with Gasteiger partial charge in [-0.05, 0) is 99.2 Å². The molecule has 43 heavy (non-hydrogen) atoms. The van der Waals surface area contributed by atoms with Gasteiger partial charge in [-0.3, -0.25) is 20.4 Å². The Kier molecular flexibility index (Phi) is 9.51. The number of nitrogens with zero attached hydrogens (tertiary/aromatic N) is 2. The minimum Gasteiger partial charge on any atom is -0.357 e. The first-order valence-electron chi connectivity index (χ1n) is 18.0. The van der Waals surface area contributed by atoms with E-state index in [1.807, 2.05) is 11.9 Å². The number of nitrogens with one attached hydrogen (secondary N) is 3. The van der Waals surface area contributed by atoms with Crippen molar-refractivity contribution in [2.45, 2.75) is 147 Å². The highest BCUT2D eigenvalue weighted by Gasteiger charge is 2.49. The molecular weight excluding hydrogens is 550 g/mol. The average molecular weight is 610 g/mol. The standard InChI is InChI=1S/C36H59N5OS/c1-24(2)17-31-32-23-40(28-20-36(21-28)13-5-6-14-36)15-16-41(31)22-27-11-8-12-29(18-27)43-39-35-37-30(19-33(38-35)42-32)34-25(3)9-7-10-26(34)4/h7,9-10,24,27-33,35,37-39H,5-6,8,11-23H2,1-4H3/t27?,29?,30?,31-,32-,33?,35?/m1/s1. The van der Waals surface area contributed by atoms with Crippen molar-refractivity contribution in [1.29, 1.82) is 0 Å². The SMILES string of the molecule is Cc1cccc(C)c1C1CC2NC(NSC3CCCC(C3)CN3CCN(C4CC5(CCCC5)C4)C[C@@H](O2)[C@H]3CC(C)C)N1. The normalized spacial score (nSPS) is 39.0. The molecule has 6 unspecified atom stereocenters. The zero-order chi connectivity index (χ0) is 29.6. The molecule has 3 heterocycles. The average Bonchev–Trinajstić information content (AvgIpc) is 3.40. The second-order valence-electron chi connectivity index (χ2n) is 15.9. The molecule has 3 N–H and O–H groups in total. The second kappa shape index (κ2) is 13.2. The van der Waals surface area contributed by atoms with Gasteiger partial charge in [-0.25, -0.2) is 4.72 Å². The fraction of sp³-hybridized carbons (Fsp3) is 0.833. The monoisotopic (exact) mass is 609 g/mol. The third-order valence-electron chi connectivity index (χ3n) is 12.2. The number of ether oxygens (including phenoxy) is 1. The molecule has 3 saturated carbocycles. The van der Waals surface area contributed by atoms with E-state index < -0.39 is 0 Å². The lowest BCUT2D eigenvalue weighted by Crippen LogP contribution is -2.62. The number of rotatable bonds is 4. The fourth-order valence-electron chi connectivity index (χ4n) is 10.1. The summed E-state index contributed by atoms with van der Waals surface area (Å²) in [6.45, 7) is 14.2. The molecule has 0 aromatic heterocycles. The van der Waals surface area contributed by atoms with Gasteiger partial charge in [0.1, 0.15) is 12.5 Å². The molecule has 7 heteroatoms. The van der Waals surface area contributed by atoms with E-state index in [1.54, 1.807) is 0 Å². The van der Waals surface area contributed by atoms with Crippen LogP contribution in [0.1, 0.15) is 114 Å². The topological polar surface area (TPSA) is 51.8 Å². The summed E-state index contributed by atoms with van der Waals surface area (Å²) in [6, 6.07) is 8.27. The molecule has 8 atom stereocenters. The van der Waals surface area contributed by atoms with Gasteiger partial charge in [0.15, 0.2) is 0 Å². The Balaban J connectivity index is 1.19. The maximum atomic E-state index is 7.42. The van der Waals surface area contributed by atoms with Crippen molar-refractivity contribution in [3.05, 3.63) is 34.9 Å². The quantitative estimate of drug-likeness (QED) is 0.338. The summed E-state index contributed by atoms with van der Waals surface area (Å²) in [7, 11) is 0. The smallest absolute Gasteiger partial charge is 0.123 e. The van der Waals surface area contributed by atoms with Crippen LogP contribution in [-0.2, 0) is 4.74 Å². The van der Waals surface area contributed by atoms with E-state index in [-0.39, 0.29) is 24.7 Å². The Hall–Kier alpha value is -0.670. The van der Waals surface area contributed by atoms with Crippen LogP contribution in [0, 0.1) is 31.1 Å². The zero-order valence-corrected chi connectivity index (χ0v) is 28.3. The first kappa shape index (κ1) is 31.0. The number of fused-ring (bicyclic) bond motifs is 6. The van der Waals surface area contributed by atoms with Gasteiger partial charge in [-0.1, -0.05) is 63.3 Å². The van der Waals surface area contributed by atoms with Crippen LogP contribution >= 0.6 is 11.9 Å². The van der Waals surface area contributed by atoms with Crippen LogP contribution in [0.5, 0.6) is 0 Å². The van der Waals surface area contributed by atoms with Crippen LogP contribution in [0.15, 0.2) is 18.2 Å².